The number of rotatable bonds is 9. The number of aromatic nitrogens is 1. The van der Waals surface area contributed by atoms with Crippen LogP contribution in [0.5, 0.6) is 0 Å². The molecule has 0 fully saturated rings. The van der Waals surface area contributed by atoms with E-state index < -0.39 is 12.1 Å². The number of aromatic carboxylic acids is 1. The Bertz CT molecular complexity index is 1010. The van der Waals surface area contributed by atoms with E-state index in [1.165, 1.54) is 12.3 Å². The standard InChI is InChI=1S/C23H24ClN3O3/c1-15(26-14-22(28)17-5-2-6-19(24)10-17)13-27-20-7-3-4-16(11-20)21-12-18(23(29)30)8-9-25-21/h2-12,15,22,26-28H,13-14H2,1H3,(H,29,30). The summed E-state index contributed by atoms with van der Waals surface area (Å²) >= 11 is 5.98. The van der Waals surface area contributed by atoms with Crippen molar-refractivity contribution in [2.75, 3.05) is 18.4 Å². The smallest absolute Gasteiger partial charge is 0.335 e. The van der Waals surface area contributed by atoms with Crippen molar-refractivity contribution in [3.8, 4) is 11.3 Å². The average molecular weight is 426 g/mol. The molecule has 156 valence electrons. The molecule has 0 radical (unpaired) electrons. The number of hydrogen-bond donors (Lipinski definition) is 4. The first-order chi connectivity index (χ1) is 14.4. The fraction of sp³-hybridized carbons (Fsp3) is 0.217. The van der Waals surface area contributed by atoms with Crippen LogP contribution in [0.1, 0.15) is 28.9 Å². The van der Waals surface area contributed by atoms with Crippen LogP contribution in [0.25, 0.3) is 11.3 Å². The number of carbonyl (C=O) groups is 1. The van der Waals surface area contributed by atoms with E-state index in [4.69, 9.17) is 16.7 Å². The van der Waals surface area contributed by atoms with Gasteiger partial charge in [0.05, 0.1) is 17.4 Å². The Labute approximate surface area is 180 Å². The maximum absolute atomic E-state index is 11.2. The molecule has 0 spiro atoms. The van der Waals surface area contributed by atoms with Gasteiger partial charge in [-0.1, -0.05) is 35.9 Å². The maximum atomic E-state index is 11.2. The van der Waals surface area contributed by atoms with Gasteiger partial charge in [0.15, 0.2) is 0 Å². The predicted molar refractivity (Wildman–Crippen MR) is 119 cm³/mol. The Hall–Kier alpha value is -2.93. The number of aliphatic hydroxyl groups is 1. The molecule has 2 aromatic carbocycles. The Balaban J connectivity index is 1.55. The van der Waals surface area contributed by atoms with Crippen molar-refractivity contribution in [1.82, 2.24) is 10.3 Å². The van der Waals surface area contributed by atoms with E-state index in [0.29, 0.717) is 23.8 Å². The van der Waals surface area contributed by atoms with Gasteiger partial charge in [0.25, 0.3) is 0 Å². The van der Waals surface area contributed by atoms with Gasteiger partial charge in [0.2, 0.25) is 0 Å². The molecule has 30 heavy (non-hydrogen) atoms. The highest BCUT2D eigenvalue weighted by Crippen LogP contribution is 2.22. The lowest BCUT2D eigenvalue weighted by Crippen LogP contribution is -2.35. The summed E-state index contributed by atoms with van der Waals surface area (Å²) in [6, 6.07) is 18.0. The number of pyridine rings is 1. The van der Waals surface area contributed by atoms with Gasteiger partial charge in [-0.3, -0.25) is 4.98 Å². The number of aliphatic hydroxyl groups excluding tert-OH is 1. The first kappa shape index (κ1) is 21.8. The van der Waals surface area contributed by atoms with Crippen LogP contribution in [-0.2, 0) is 0 Å². The highest BCUT2D eigenvalue weighted by atomic mass is 35.5. The van der Waals surface area contributed by atoms with Crippen LogP contribution in [0.2, 0.25) is 5.02 Å². The molecule has 6 nitrogen and oxygen atoms in total. The van der Waals surface area contributed by atoms with Crippen LogP contribution in [0.3, 0.4) is 0 Å². The van der Waals surface area contributed by atoms with Crippen LogP contribution in [0, 0.1) is 0 Å². The molecule has 3 aromatic rings. The lowest BCUT2D eigenvalue weighted by atomic mass is 10.1. The first-order valence-corrected chi connectivity index (χ1v) is 10.0. The molecular formula is C23H24ClN3O3. The summed E-state index contributed by atoms with van der Waals surface area (Å²) in [6.07, 6.45) is 0.859. The van der Waals surface area contributed by atoms with Gasteiger partial charge in [-0.2, -0.15) is 0 Å². The molecule has 7 heteroatoms. The quantitative estimate of drug-likeness (QED) is 0.410. The summed E-state index contributed by atoms with van der Waals surface area (Å²) in [5, 5.41) is 26.7. The van der Waals surface area contributed by atoms with Crippen LogP contribution in [0.4, 0.5) is 5.69 Å². The number of hydrogen-bond acceptors (Lipinski definition) is 5. The number of halogens is 1. The summed E-state index contributed by atoms with van der Waals surface area (Å²) in [6.45, 7) is 3.09. The monoisotopic (exact) mass is 425 g/mol. The van der Waals surface area contributed by atoms with E-state index in [1.54, 1.807) is 18.2 Å². The molecule has 0 aliphatic heterocycles. The van der Waals surface area contributed by atoms with Gasteiger partial charge >= 0.3 is 5.97 Å². The second kappa shape index (κ2) is 10.2. The summed E-state index contributed by atoms with van der Waals surface area (Å²) in [5.74, 6) is -0.979. The van der Waals surface area contributed by atoms with Gasteiger partial charge < -0.3 is 20.8 Å². The van der Waals surface area contributed by atoms with Gasteiger partial charge in [-0.25, -0.2) is 4.79 Å². The third kappa shape index (κ3) is 6.03. The highest BCUT2D eigenvalue weighted by Gasteiger charge is 2.10. The average Bonchev–Trinajstić information content (AvgIpc) is 2.76. The third-order valence-electron chi connectivity index (χ3n) is 4.67. The van der Waals surface area contributed by atoms with E-state index >= 15 is 0 Å². The molecule has 0 amide bonds. The lowest BCUT2D eigenvalue weighted by molar-refractivity contribution is 0.0697. The number of anilines is 1. The van der Waals surface area contributed by atoms with Crippen LogP contribution in [0.15, 0.2) is 66.9 Å². The zero-order valence-electron chi connectivity index (χ0n) is 16.5. The van der Waals surface area contributed by atoms with Crippen LogP contribution >= 0.6 is 11.6 Å². The Kier molecular flexibility index (Phi) is 7.41. The van der Waals surface area contributed by atoms with Crippen molar-refractivity contribution < 1.29 is 15.0 Å². The Morgan fingerprint density at radius 3 is 2.67 bits per heavy atom. The fourth-order valence-corrected chi connectivity index (χ4v) is 3.20. The number of carboxylic acids is 1. The van der Waals surface area contributed by atoms with Gasteiger partial charge in [0, 0.05) is 41.6 Å². The van der Waals surface area contributed by atoms with Crippen LogP contribution < -0.4 is 10.6 Å². The number of nitrogens with one attached hydrogen (secondary N) is 2. The molecule has 0 saturated carbocycles. The molecule has 3 rings (SSSR count). The van der Waals surface area contributed by atoms with Crippen molar-refractivity contribution >= 4 is 23.3 Å². The maximum Gasteiger partial charge on any atom is 0.335 e. The zero-order chi connectivity index (χ0) is 21.5. The first-order valence-electron chi connectivity index (χ1n) is 9.63. The summed E-state index contributed by atoms with van der Waals surface area (Å²) in [7, 11) is 0. The van der Waals surface area contributed by atoms with Crippen molar-refractivity contribution in [3.05, 3.63) is 83.0 Å². The molecule has 1 heterocycles. The summed E-state index contributed by atoms with van der Waals surface area (Å²) < 4.78 is 0. The highest BCUT2D eigenvalue weighted by molar-refractivity contribution is 6.30. The zero-order valence-corrected chi connectivity index (χ0v) is 17.3. The Morgan fingerprint density at radius 1 is 1.10 bits per heavy atom. The number of carboxylic acid groups (broad SMARTS) is 1. The van der Waals surface area contributed by atoms with Gasteiger partial charge in [0.1, 0.15) is 0 Å². The lowest BCUT2D eigenvalue weighted by Gasteiger charge is -2.19. The molecule has 4 N–H and O–H groups in total. The third-order valence-corrected chi connectivity index (χ3v) is 4.91. The van der Waals surface area contributed by atoms with E-state index in [1.807, 2.05) is 43.3 Å². The van der Waals surface area contributed by atoms with Crippen LogP contribution in [-0.4, -0.2) is 40.3 Å². The number of nitrogens with zero attached hydrogens (tertiary/aromatic N) is 1. The normalized spacial score (nSPS) is 12.9. The molecule has 2 unspecified atom stereocenters. The molecule has 0 aliphatic rings. The van der Waals surface area contributed by atoms with E-state index in [-0.39, 0.29) is 11.6 Å². The van der Waals surface area contributed by atoms with E-state index in [9.17, 15) is 9.90 Å². The van der Waals surface area contributed by atoms with Crippen molar-refractivity contribution in [1.29, 1.82) is 0 Å². The molecule has 2 atom stereocenters. The largest absolute Gasteiger partial charge is 0.478 e. The fourth-order valence-electron chi connectivity index (χ4n) is 3.00. The number of benzene rings is 2. The van der Waals surface area contributed by atoms with Gasteiger partial charge in [-0.05, 0) is 48.9 Å². The minimum atomic E-state index is -0.979. The van der Waals surface area contributed by atoms with Crippen molar-refractivity contribution in [2.24, 2.45) is 0 Å². The minimum absolute atomic E-state index is 0.107. The second-order valence-corrected chi connectivity index (χ2v) is 7.51. The minimum Gasteiger partial charge on any atom is -0.478 e. The van der Waals surface area contributed by atoms with E-state index in [2.05, 4.69) is 15.6 Å². The topological polar surface area (TPSA) is 94.5 Å². The second-order valence-electron chi connectivity index (χ2n) is 7.08. The molecule has 1 aromatic heterocycles. The summed E-state index contributed by atoms with van der Waals surface area (Å²) in [4.78, 5) is 15.4. The van der Waals surface area contributed by atoms with Crippen molar-refractivity contribution in [3.63, 3.8) is 0 Å². The Morgan fingerprint density at radius 2 is 1.90 bits per heavy atom. The van der Waals surface area contributed by atoms with E-state index in [0.717, 1.165) is 16.8 Å². The molecule has 0 aliphatic carbocycles. The van der Waals surface area contributed by atoms with Crippen molar-refractivity contribution in [2.45, 2.75) is 19.1 Å². The van der Waals surface area contributed by atoms with Gasteiger partial charge in [-0.15, -0.1) is 0 Å². The predicted octanol–water partition coefficient (Wildman–Crippen LogP) is 4.22. The molecule has 0 saturated heterocycles. The summed E-state index contributed by atoms with van der Waals surface area (Å²) in [5.41, 5.74) is 3.32. The molecule has 0 bridgehead atoms. The SMILES string of the molecule is CC(CNc1cccc(-c2cc(C(=O)O)ccn2)c1)NCC(O)c1cccc(Cl)c1. The molecular weight excluding hydrogens is 402 g/mol.